The summed E-state index contributed by atoms with van der Waals surface area (Å²) in [6.07, 6.45) is 2.05. The Morgan fingerprint density at radius 3 is 2.72 bits per heavy atom. The first kappa shape index (κ1) is 13.2. The minimum absolute atomic E-state index is 0.237. The molecule has 1 aromatic rings. The molecule has 1 fully saturated rings. The highest BCUT2D eigenvalue weighted by atomic mass is 35.5. The van der Waals surface area contributed by atoms with Crippen LogP contribution in [0.15, 0.2) is 18.2 Å². The zero-order valence-corrected chi connectivity index (χ0v) is 11.1. The lowest BCUT2D eigenvalue weighted by Gasteiger charge is -2.30. The molecule has 1 aromatic carbocycles. The van der Waals surface area contributed by atoms with E-state index in [9.17, 15) is 4.79 Å². The van der Waals surface area contributed by atoms with E-state index in [-0.39, 0.29) is 5.56 Å². The highest BCUT2D eigenvalue weighted by Crippen LogP contribution is 2.23. The Kier molecular flexibility index (Phi) is 4.09. The summed E-state index contributed by atoms with van der Waals surface area (Å²) in [6.45, 7) is 2.07. The predicted molar refractivity (Wildman–Crippen MR) is 72.6 cm³/mol. The molecule has 1 saturated heterocycles. The summed E-state index contributed by atoms with van der Waals surface area (Å²) in [7, 11) is 2.10. The van der Waals surface area contributed by atoms with Crippen molar-refractivity contribution in [3.63, 3.8) is 0 Å². The summed E-state index contributed by atoms with van der Waals surface area (Å²) in [5.41, 5.74) is 0.892. The Morgan fingerprint density at radius 1 is 1.44 bits per heavy atom. The number of piperidine rings is 1. The van der Waals surface area contributed by atoms with E-state index in [1.165, 1.54) is 6.07 Å². The molecule has 0 bridgehead atoms. The zero-order chi connectivity index (χ0) is 13.1. The van der Waals surface area contributed by atoms with Crippen molar-refractivity contribution in [2.45, 2.75) is 18.9 Å². The van der Waals surface area contributed by atoms with Gasteiger partial charge in [0.1, 0.15) is 0 Å². The topological polar surface area (TPSA) is 52.6 Å². The van der Waals surface area contributed by atoms with Gasteiger partial charge in [-0.1, -0.05) is 11.6 Å². The number of anilines is 1. The molecule has 98 valence electrons. The summed E-state index contributed by atoms with van der Waals surface area (Å²) in [6, 6.07) is 5.27. The molecule has 1 heterocycles. The lowest BCUT2D eigenvalue weighted by Crippen LogP contribution is -2.37. The molecule has 0 aromatic heterocycles. The highest BCUT2D eigenvalue weighted by molar-refractivity contribution is 6.31. The van der Waals surface area contributed by atoms with Crippen molar-refractivity contribution < 1.29 is 9.90 Å². The second kappa shape index (κ2) is 5.59. The van der Waals surface area contributed by atoms with Gasteiger partial charge >= 0.3 is 5.97 Å². The SMILES string of the molecule is CN1CCC(Nc2ccc(Cl)cc2C(=O)O)CC1. The standard InChI is InChI=1S/C13H17ClN2O2/c1-16-6-4-10(5-7-16)15-12-3-2-9(14)8-11(12)13(17)18/h2-3,8,10,15H,4-7H2,1H3,(H,17,18). The van der Waals surface area contributed by atoms with E-state index < -0.39 is 5.97 Å². The predicted octanol–water partition coefficient (Wildman–Crippen LogP) is 2.54. The van der Waals surface area contributed by atoms with Gasteiger partial charge < -0.3 is 15.3 Å². The van der Waals surface area contributed by atoms with E-state index in [1.807, 2.05) is 0 Å². The van der Waals surface area contributed by atoms with E-state index >= 15 is 0 Å². The molecular weight excluding hydrogens is 252 g/mol. The number of likely N-dealkylation sites (tertiary alicyclic amines) is 1. The molecule has 1 aliphatic rings. The lowest BCUT2D eigenvalue weighted by atomic mass is 10.0. The number of carboxylic acids is 1. The van der Waals surface area contributed by atoms with Gasteiger partial charge in [-0.05, 0) is 51.2 Å². The van der Waals surface area contributed by atoms with Crippen LogP contribution in [-0.4, -0.2) is 42.2 Å². The van der Waals surface area contributed by atoms with Gasteiger partial charge in [-0.3, -0.25) is 0 Å². The van der Waals surface area contributed by atoms with Gasteiger partial charge in [-0.25, -0.2) is 4.79 Å². The van der Waals surface area contributed by atoms with Crippen LogP contribution in [-0.2, 0) is 0 Å². The van der Waals surface area contributed by atoms with Gasteiger partial charge in [0.2, 0.25) is 0 Å². The molecule has 2 rings (SSSR count). The number of hydrogen-bond donors (Lipinski definition) is 2. The van der Waals surface area contributed by atoms with Crippen LogP contribution in [0.1, 0.15) is 23.2 Å². The number of hydrogen-bond acceptors (Lipinski definition) is 3. The Hall–Kier alpha value is -1.26. The number of carbonyl (C=O) groups is 1. The van der Waals surface area contributed by atoms with E-state index in [4.69, 9.17) is 16.7 Å². The summed E-state index contributed by atoms with van der Waals surface area (Å²) in [5.74, 6) is -0.951. The maximum Gasteiger partial charge on any atom is 0.337 e. The van der Waals surface area contributed by atoms with Gasteiger partial charge in [0.25, 0.3) is 0 Å². The van der Waals surface area contributed by atoms with Crippen molar-refractivity contribution in [1.29, 1.82) is 0 Å². The third-order valence-corrected chi connectivity index (χ3v) is 3.53. The summed E-state index contributed by atoms with van der Waals surface area (Å²) < 4.78 is 0. The molecule has 0 aliphatic carbocycles. The largest absolute Gasteiger partial charge is 0.478 e. The lowest BCUT2D eigenvalue weighted by molar-refractivity contribution is 0.0698. The maximum absolute atomic E-state index is 11.2. The number of carboxylic acid groups (broad SMARTS) is 1. The van der Waals surface area contributed by atoms with Crippen LogP contribution < -0.4 is 5.32 Å². The van der Waals surface area contributed by atoms with Gasteiger partial charge in [0.05, 0.1) is 5.56 Å². The number of aromatic carboxylic acids is 1. The molecule has 0 unspecified atom stereocenters. The molecule has 5 heteroatoms. The fourth-order valence-electron chi connectivity index (χ4n) is 2.19. The zero-order valence-electron chi connectivity index (χ0n) is 10.3. The third kappa shape index (κ3) is 3.15. The van der Waals surface area contributed by atoms with Crippen LogP contribution in [0.5, 0.6) is 0 Å². The molecule has 0 saturated carbocycles. The van der Waals surface area contributed by atoms with Crippen molar-refractivity contribution in [1.82, 2.24) is 4.90 Å². The summed E-state index contributed by atoms with van der Waals surface area (Å²) in [4.78, 5) is 13.4. The first-order valence-corrected chi connectivity index (χ1v) is 6.42. The molecule has 0 spiro atoms. The fraction of sp³-hybridized carbons (Fsp3) is 0.462. The Bertz CT molecular complexity index is 443. The summed E-state index contributed by atoms with van der Waals surface area (Å²) >= 11 is 5.82. The van der Waals surface area contributed by atoms with Crippen LogP contribution in [0.4, 0.5) is 5.69 Å². The number of nitrogens with zero attached hydrogens (tertiary/aromatic N) is 1. The molecular formula is C13H17ClN2O2. The normalized spacial score (nSPS) is 17.7. The number of benzene rings is 1. The Labute approximate surface area is 112 Å². The number of rotatable bonds is 3. The summed E-state index contributed by atoms with van der Waals surface area (Å²) in [5, 5.41) is 12.9. The van der Waals surface area contributed by atoms with E-state index in [1.54, 1.807) is 12.1 Å². The minimum atomic E-state index is -0.951. The van der Waals surface area contributed by atoms with Crippen LogP contribution in [0, 0.1) is 0 Å². The smallest absolute Gasteiger partial charge is 0.337 e. The fourth-order valence-corrected chi connectivity index (χ4v) is 2.36. The second-order valence-corrected chi connectivity index (χ2v) is 5.15. The van der Waals surface area contributed by atoms with Crippen molar-refractivity contribution >= 4 is 23.3 Å². The minimum Gasteiger partial charge on any atom is -0.478 e. The van der Waals surface area contributed by atoms with Crippen molar-refractivity contribution in [2.24, 2.45) is 0 Å². The second-order valence-electron chi connectivity index (χ2n) is 4.72. The van der Waals surface area contributed by atoms with E-state index in [0.717, 1.165) is 25.9 Å². The average molecular weight is 269 g/mol. The highest BCUT2D eigenvalue weighted by Gasteiger charge is 2.19. The number of nitrogens with one attached hydrogen (secondary N) is 1. The van der Waals surface area contributed by atoms with E-state index in [2.05, 4.69) is 17.3 Å². The van der Waals surface area contributed by atoms with Crippen LogP contribution in [0.25, 0.3) is 0 Å². The maximum atomic E-state index is 11.2. The van der Waals surface area contributed by atoms with Gasteiger partial charge in [-0.15, -0.1) is 0 Å². The number of halogens is 1. The molecule has 0 radical (unpaired) electrons. The average Bonchev–Trinajstić information content (AvgIpc) is 2.34. The molecule has 18 heavy (non-hydrogen) atoms. The molecule has 4 nitrogen and oxygen atoms in total. The quantitative estimate of drug-likeness (QED) is 0.885. The molecule has 0 atom stereocenters. The van der Waals surface area contributed by atoms with Crippen molar-refractivity contribution in [3.05, 3.63) is 28.8 Å². The first-order valence-electron chi connectivity index (χ1n) is 6.04. The van der Waals surface area contributed by atoms with Gasteiger partial charge in [0, 0.05) is 16.8 Å². The van der Waals surface area contributed by atoms with Crippen molar-refractivity contribution in [3.8, 4) is 0 Å². The van der Waals surface area contributed by atoms with Gasteiger partial charge in [0.15, 0.2) is 0 Å². The molecule has 2 N–H and O–H groups in total. The van der Waals surface area contributed by atoms with Crippen LogP contribution in [0.2, 0.25) is 5.02 Å². The van der Waals surface area contributed by atoms with Gasteiger partial charge in [-0.2, -0.15) is 0 Å². The Balaban J connectivity index is 2.11. The van der Waals surface area contributed by atoms with E-state index in [0.29, 0.717) is 16.8 Å². The Morgan fingerprint density at radius 2 is 2.11 bits per heavy atom. The third-order valence-electron chi connectivity index (χ3n) is 3.29. The van der Waals surface area contributed by atoms with Crippen molar-refractivity contribution in [2.75, 3.05) is 25.5 Å². The van der Waals surface area contributed by atoms with Crippen LogP contribution in [0.3, 0.4) is 0 Å². The van der Waals surface area contributed by atoms with Crippen LogP contribution >= 0.6 is 11.6 Å². The monoisotopic (exact) mass is 268 g/mol. The molecule has 1 aliphatic heterocycles. The molecule has 0 amide bonds. The first-order chi connectivity index (χ1) is 8.56.